The SMILES string of the molecule is C=C1COC(c2ccccc2)C2=C(c3ccccc3OC2)N(S(=O)(=O)c2ccc(C)cc2)C1. The van der Waals surface area contributed by atoms with Crippen LogP contribution in [0.1, 0.15) is 22.8 Å². The first kappa shape index (κ1) is 21.5. The van der Waals surface area contributed by atoms with Crippen LogP contribution in [0.5, 0.6) is 5.75 Å². The number of aryl methyl sites for hydroxylation is 1. The highest BCUT2D eigenvalue weighted by Crippen LogP contribution is 2.44. The standard InChI is InChI=1S/C27H25NO4S/c1-19-12-14-22(15-13-19)33(29,30)28-16-20(2)17-32-27(21-8-4-3-5-9-21)24-18-31-25-11-7-6-10-23(25)26(24)28/h3-15,27H,2,16-18H2,1H3. The minimum Gasteiger partial charge on any atom is -0.488 e. The number of sulfonamides is 1. The van der Waals surface area contributed by atoms with E-state index in [1.165, 1.54) is 4.31 Å². The molecule has 168 valence electrons. The number of rotatable bonds is 3. The zero-order valence-corrected chi connectivity index (χ0v) is 19.2. The maximum atomic E-state index is 14.0. The summed E-state index contributed by atoms with van der Waals surface area (Å²) >= 11 is 0. The molecular formula is C27H25NO4S. The molecule has 33 heavy (non-hydrogen) atoms. The van der Waals surface area contributed by atoms with Gasteiger partial charge in [0, 0.05) is 11.1 Å². The van der Waals surface area contributed by atoms with Gasteiger partial charge in [-0.1, -0.05) is 66.7 Å². The number of benzene rings is 3. The molecule has 0 amide bonds. The molecule has 2 heterocycles. The topological polar surface area (TPSA) is 55.8 Å². The molecule has 3 aromatic carbocycles. The van der Waals surface area contributed by atoms with Gasteiger partial charge < -0.3 is 9.47 Å². The zero-order valence-electron chi connectivity index (χ0n) is 18.4. The predicted molar refractivity (Wildman–Crippen MR) is 128 cm³/mol. The average Bonchev–Trinajstić information content (AvgIpc) is 2.82. The quantitative estimate of drug-likeness (QED) is 0.511. The van der Waals surface area contributed by atoms with Crippen LogP contribution in [0.3, 0.4) is 0 Å². The summed E-state index contributed by atoms with van der Waals surface area (Å²) < 4.78 is 41.8. The first-order chi connectivity index (χ1) is 15.9. The van der Waals surface area contributed by atoms with E-state index in [4.69, 9.17) is 9.47 Å². The molecule has 0 N–H and O–H groups in total. The van der Waals surface area contributed by atoms with Crippen LogP contribution in [-0.4, -0.2) is 32.5 Å². The Kier molecular flexibility index (Phi) is 5.56. The van der Waals surface area contributed by atoms with Gasteiger partial charge in [0.15, 0.2) is 0 Å². The van der Waals surface area contributed by atoms with Gasteiger partial charge >= 0.3 is 0 Å². The normalized spacial score (nSPS) is 18.6. The van der Waals surface area contributed by atoms with Crippen molar-refractivity contribution >= 4 is 15.7 Å². The first-order valence-corrected chi connectivity index (χ1v) is 12.3. The molecule has 2 aliphatic heterocycles. The largest absolute Gasteiger partial charge is 0.488 e. The van der Waals surface area contributed by atoms with Crippen molar-refractivity contribution in [1.29, 1.82) is 0 Å². The van der Waals surface area contributed by atoms with Crippen molar-refractivity contribution in [3.8, 4) is 5.75 Å². The highest BCUT2D eigenvalue weighted by molar-refractivity contribution is 7.89. The minimum atomic E-state index is -3.87. The number of hydrogen-bond acceptors (Lipinski definition) is 4. The Morgan fingerprint density at radius 1 is 0.909 bits per heavy atom. The average molecular weight is 460 g/mol. The lowest BCUT2D eigenvalue weighted by Gasteiger charge is -2.38. The van der Waals surface area contributed by atoms with E-state index in [9.17, 15) is 8.42 Å². The number of fused-ring (bicyclic) bond motifs is 2. The van der Waals surface area contributed by atoms with Crippen molar-refractivity contribution < 1.29 is 17.9 Å². The number of para-hydroxylation sites is 1. The highest BCUT2D eigenvalue weighted by atomic mass is 32.2. The van der Waals surface area contributed by atoms with Crippen molar-refractivity contribution in [2.75, 3.05) is 19.8 Å². The van der Waals surface area contributed by atoms with E-state index in [2.05, 4.69) is 6.58 Å². The zero-order chi connectivity index (χ0) is 23.0. The third-order valence-electron chi connectivity index (χ3n) is 5.93. The predicted octanol–water partition coefficient (Wildman–Crippen LogP) is 5.12. The van der Waals surface area contributed by atoms with Crippen molar-refractivity contribution in [3.63, 3.8) is 0 Å². The molecule has 0 bridgehead atoms. The molecule has 0 spiro atoms. The van der Waals surface area contributed by atoms with Crippen molar-refractivity contribution in [3.05, 3.63) is 113 Å². The van der Waals surface area contributed by atoms with Gasteiger partial charge in [-0.05, 0) is 42.3 Å². The maximum Gasteiger partial charge on any atom is 0.264 e. The molecule has 1 unspecified atom stereocenters. The molecule has 3 aromatic rings. The molecule has 0 radical (unpaired) electrons. The van der Waals surface area contributed by atoms with Gasteiger partial charge in [0.25, 0.3) is 10.0 Å². The van der Waals surface area contributed by atoms with Gasteiger partial charge in [-0.15, -0.1) is 0 Å². The van der Waals surface area contributed by atoms with Gasteiger partial charge in [-0.25, -0.2) is 8.42 Å². The lowest BCUT2D eigenvalue weighted by atomic mass is 9.94. The van der Waals surface area contributed by atoms with Crippen molar-refractivity contribution in [1.82, 2.24) is 4.31 Å². The van der Waals surface area contributed by atoms with E-state index in [0.29, 0.717) is 17.0 Å². The summed E-state index contributed by atoms with van der Waals surface area (Å²) in [6.45, 7) is 6.67. The van der Waals surface area contributed by atoms with Crippen LogP contribution >= 0.6 is 0 Å². The van der Waals surface area contributed by atoms with Crippen LogP contribution < -0.4 is 4.74 Å². The smallest absolute Gasteiger partial charge is 0.264 e. The summed E-state index contributed by atoms with van der Waals surface area (Å²) in [5.74, 6) is 0.651. The molecule has 0 aliphatic carbocycles. The lowest BCUT2D eigenvalue weighted by molar-refractivity contribution is 0.0824. The van der Waals surface area contributed by atoms with Crippen LogP contribution in [0, 0.1) is 6.92 Å². The summed E-state index contributed by atoms with van der Waals surface area (Å²) in [6, 6.07) is 24.3. The van der Waals surface area contributed by atoms with Gasteiger partial charge in [0.2, 0.25) is 0 Å². The summed E-state index contributed by atoms with van der Waals surface area (Å²) in [5.41, 5.74) is 4.74. The molecule has 5 nitrogen and oxygen atoms in total. The molecular weight excluding hydrogens is 434 g/mol. The maximum absolute atomic E-state index is 14.0. The Bertz CT molecular complexity index is 1330. The van der Waals surface area contributed by atoms with Gasteiger partial charge in [-0.2, -0.15) is 0 Å². The summed E-state index contributed by atoms with van der Waals surface area (Å²) in [5, 5.41) is 0. The van der Waals surface area contributed by atoms with Crippen LogP contribution in [0.2, 0.25) is 0 Å². The van der Waals surface area contributed by atoms with Gasteiger partial charge in [0.05, 0.1) is 23.7 Å². The molecule has 0 saturated carbocycles. The molecule has 0 fully saturated rings. The third kappa shape index (κ3) is 3.96. The van der Waals surface area contributed by atoms with E-state index in [-0.39, 0.29) is 24.7 Å². The second kappa shape index (κ2) is 8.54. The van der Waals surface area contributed by atoms with E-state index < -0.39 is 16.1 Å². The first-order valence-electron chi connectivity index (χ1n) is 10.8. The molecule has 0 aromatic heterocycles. The fourth-order valence-corrected chi connectivity index (χ4v) is 5.82. The van der Waals surface area contributed by atoms with Crippen LogP contribution in [-0.2, 0) is 14.8 Å². The Hall–Kier alpha value is -3.35. The molecule has 6 heteroatoms. The Morgan fingerprint density at radius 2 is 1.61 bits per heavy atom. The fraction of sp³-hybridized carbons (Fsp3) is 0.185. The second-order valence-corrected chi connectivity index (χ2v) is 10.2. The Balaban J connectivity index is 1.76. The lowest BCUT2D eigenvalue weighted by Crippen LogP contribution is -2.37. The monoisotopic (exact) mass is 459 g/mol. The van der Waals surface area contributed by atoms with Crippen molar-refractivity contribution in [2.24, 2.45) is 0 Å². The van der Waals surface area contributed by atoms with E-state index in [1.54, 1.807) is 12.1 Å². The third-order valence-corrected chi connectivity index (χ3v) is 7.69. The summed E-state index contributed by atoms with van der Waals surface area (Å²) in [7, 11) is -3.87. The van der Waals surface area contributed by atoms with Gasteiger partial charge in [0.1, 0.15) is 18.5 Å². The van der Waals surface area contributed by atoms with Crippen LogP contribution in [0.15, 0.2) is 101 Å². The molecule has 2 aliphatic rings. The number of ether oxygens (including phenoxy) is 2. The van der Waals surface area contributed by atoms with Crippen molar-refractivity contribution in [2.45, 2.75) is 17.9 Å². The number of nitrogens with zero attached hydrogens (tertiary/aromatic N) is 1. The van der Waals surface area contributed by atoms with E-state index in [0.717, 1.165) is 22.3 Å². The highest BCUT2D eigenvalue weighted by Gasteiger charge is 2.38. The van der Waals surface area contributed by atoms with Gasteiger partial charge in [-0.3, -0.25) is 4.31 Å². The summed E-state index contributed by atoms with van der Waals surface area (Å²) in [4.78, 5) is 0.245. The molecule has 5 rings (SSSR count). The summed E-state index contributed by atoms with van der Waals surface area (Å²) in [6.07, 6.45) is -0.456. The Labute approximate surface area is 194 Å². The molecule has 1 atom stereocenters. The fourth-order valence-electron chi connectivity index (χ4n) is 4.28. The molecule has 0 saturated heterocycles. The number of hydrogen-bond donors (Lipinski definition) is 0. The van der Waals surface area contributed by atoms with Crippen LogP contribution in [0.25, 0.3) is 5.70 Å². The van der Waals surface area contributed by atoms with E-state index in [1.807, 2.05) is 73.7 Å². The minimum absolute atomic E-state index is 0.130. The van der Waals surface area contributed by atoms with Crippen LogP contribution in [0.4, 0.5) is 0 Å². The van der Waals surface area contributed by atoms with E-state index >= 15 is 0 Å². The Morgan fingerprint density at radius 3 is 2.36 bits per heavy atom. The second-order valence-electron chi connectivity index (χ2n) is 8.34.